The van der Waals surface area contributed by atoms with Gasteiger partial charge in [0.1, 0.15) is 5.65 Å². The van der Waals surface area contributed by atoms with E-state index < -0.39 is 10.8 Å². The summed E-state index contributed by atoms with van der Waals surface area (Å²) < 4.78 is 11.5. The first-order valence-electron chi connectivity index (χ1n) is 9.68. The van der Waals surface area contributed by atoms with Crippen LogP contribution in [0.4, 0.5) is 0 Å². The molecule has 0 bridgehead atoms. The van der Waals surface area contributed by atoms with Gasteiger partial charge in [-0.15, -0.1) is 24.0 Å². The number of piperidine rings is 1. The van der Waals surface area contributed by atoms with E-state index in [4.69, 9.17) is 5.73 Å². The lowest BCUT2D eigenvalue weighted by atomic mass is 9.96. The maximum Gasteiger partial charge on any atom is 0.138 e. The molecule has 5 rings (SSSR count). The van der Waals surface area contributed by atoms with Gasteiger partial charge in [0, 0.05) is 68.5 Å². The summed E-state index contributed by atoms with van der Waals surface area (Å²) >= 11 is 6.14. The minimum absolute atomic E-state index is 0.223. The first kappa shape index (κ1) is 20.1. The summed E-state index contributed by atoms with van der Waals surface area (Å²) in [6.07, 6.45) is 5.32. The van der Waals surface area contributed by atoms with Crippen LogP contribution < -0.4 is 11.1 Å². The van der Waals surface area contributed by atoms with Crippen molar-refractivity contribution in [1.29, 1.82) is 0 Å². The van der Waals surface area contributed by atoms with E-state index in [1.54, 1.807) is 11.3 Å². The number of nitrogens with two attached hydrogens (primary N) is 1. The Morgan fingerprint density at radius 3 is 2.79 bits per heavy atom. The van der Waals surface area contributed by atoms with Crippen LogP contribution in [0.3, 0.4) is 0 Å². The Morgan fingerprint density at radius 1 is 1.29 bits per heavy atom. The molecule has 3 atom stereocenters. The molecule has 3 unspecified atom stereocenters. The molecule has 3 aromatic rings. The molecule has 0 spiro atoms. The second-order valence-corrected chi connectivity index (χ2v) is 10.9. The maximum absolute atomic E-state index is 10.5. The molecule has 0 amide bonds. The van der Waals surface area contributed by atoms with Crippen LogP contribution in [0.25, 0.3) is 21.5 Å². The molecule has 2 aliphatic heterocycles. The molecule has 0 aliphatic carbocycles. The molecule has 3 aromatic heterocycles. The third-order valence-electron chi connectivity index (χ3n) is 5.26. The van der Waals surface area contributed by atoms with Crippen molar-refractivity contribution in [2.24, 2.45) is 5.73 Å². The van der Waals surface area contributed by atoms with Crippen LogP contribution in [0.5, 0.6) is 0 Å². The van der Waals surface area contributed by atoms with Gasteiger partial charge in [-0.2, -0.15) is 0 Å². The number of thiol groups is 1. The number of nitrogens with one attached hydrogen (secondary N) is 2. The molecule has 5 heterocycles. The lowest BCUT2D eigenvalue weighted by Gasteiger charge is -2.21. The Bertz CT molecular complexity index is 961. The van der Waals surface area contributed by atoms with Crippen molar-refractivity contribution in [3.05, 3.63) is 36.2 Å². The molecule has 28 heavy (non-hydrogen) atoms. The number of aromatic amines is 1. The van der Waals surface area contributed by atoms with Crippen molar-refractivity contribution in [3.63, 3.8) is 0 Å². The second-order valence-electron chi connectivity index (χ2n) is 7.39. The number of thiophene rings is 1. The zero-order valence-corrected chi connectivity index (χ0v) is 18.2. The monoisotopic (exact) mass is 434 g/mol. The molecule has 150 valence electrons. The van der Waals surface area contributed by atoms with Crippen LogP contribution >= 0.6 is 24.0 Å². The number of nitrogens with zero attached hydrogens (tertiary/aromatic N) is 1. The predicted molar refractivity (Wildman–Crippen MR) is 122 cm³/mol. The van der Waals surface area contributed by atoms with Crippen LogP contribution in [-0.4, -0.2) is 44.8 Å². The van der Waals surface area contributed by atoms with E-state index >= 15 is 0 Å². The molecular formula is C20H26N4OS3. The van der Waals surface area contributed by atoms with Gasteiger partial charge in [-0.3, -0.25) is 4.21 Å². The van der Waals surface area contributed by atoms with Crippen molar-refractivity contribution in [2.75, 3.05) is 24.6 Å². The predicted octanol–water partition coefficient (Wildman–Crippen LogP) is 3.51. The topological polar surface area (TPSA) is 83.8 Å². The maximum atomic E-state index is 10.5. The van der Waals surface area contributed by atoms with Gasteiger partial charge < -0.3 is 16.0 Å². The molecular weight excluding hydrogens is 408 g/mol. The molecule has 2 aliphatic rings. The zero-order valence-electron chi connectivity index (χ0n) is 15.7. The molecule has 2 saturated heterocycles. The third-order valence-corrected chi connectivity index (χ3v) is 8.10. The fourth-order valence-corrected chi connectivity index (χ4v) is 6.29. The molecule has 0 aromatic carbocycles. The summed E-state index contributed by atoms with van der Waals surface area (Å²) in [5, 5.41) is 4.69. The summed E-state index contributed by atoms with van der Waals surface area (Å²) in [6, 6.07) is 8.79. The van der Waals surface area contributed by atoms with Crippen LogP contribution in [0, 0.1) is 0 Å². The fourth-order valence-electron chi connectivity index (χ4n) is 3.76. The first-order chi connectivity index (χ1) is 13.6. The quantitative estimate of drug-likeness (QED) is 0.465. The summed E-state index contributed by atoms with van der Waals surface area (Å²) in [5.41, 5.74) is 8.97. The smallest absolute Gasteiger partial charge is 0.138 e. The van der Waals surface area contributed by atoms with Gasteiger partial charge >= 0.3 is 0 Å². The highest BCUT2D eigenvalue weighted by Gasteiger charge is 2.19. The van der Waals surface area contributed by atoms with Crippen LogP contribution in [0.2, 0.25) is 0 Å². The Morgan fingerprint density at radius 2 is 2.18 bits per heavy atom. The van der Waals surface area contributed by atoms with Crippen LogP contribution in [0.15, 0.2) is 34.7 Å². The molecule has 2 fully saturated rings. The van der Waals surface area contributed by atoms with Crippen molar-refractivity contribution in [2.45, 2.75) is 35.4 Å². The highest BCUT2D eigenvalue weighted by atomic mass is 32.2. The second kappa shape index (κ2) is 9.09. The average Bonchev–Trinajstić information content (AvgIpc) is 3.42. The zero-order chi connectivity index (χ0) is 19.5. The molecule has 0 radical (unpaired) electrons. The van der Waals surface area contributed by atoms with Crippen molar-refractivity contribution in [3.8, 4) is 10.4 Å². The van der Waals surface area contributed by atoms with Gasteiger partial charge in [0.2, 0.25) is 0 Å². The first-order valence-corrected chi connectivity index (χ1v) is 12.4. The van der Waals surface area contributed by atoms with Gasteiger partial charge in [0.05, 0.1) is 4.21 Å². The van der Waals surface area contributed by atoms with Gasteiger partial charge in [0.15, 0.2) is 0 Å². The minimum atomic E-state index is -0.578. The number of aromatic nitrogens is 2. The third kappa shape index (κ3) is 4.68. The standard InChI is InChI=1S/C16H17N3S2.C4H9NOS/c20-15-4-3-14(21-15)11-5-7-18-16-12(11)8-13(19-16)10-2-1-6-17-9-10;5-4-1-2-7(6)3-4/h3-5,7-8,10,17,20H,1-2,6,9H2,(H,18,19);4H,1-3,5H2. The number of rotatable bonds is 2. The Balaban J connectivity index is 0.000000233. The molecule has 4 N–H and O–H groups in total. The van der Waals surface area contributed by atoms with E-state index in [0.717, 1.165) is 40.9 Å². The summed E-state index contributed by atoms with van der Waals surface area (Å²) in [6.45, 7) is 2.20. The normalized spacial score (nSPS) is 24.9. The molecule has 8 heteroatoms. The minimum Gasteiger partial charge on any atom is -0.343 e. The lowest BCUT2D eigenvalue weighted by Crippen LogP contribution is -2.28. The fraction of sp³-hybridized carbons (Fsp3) is 0.450. The van der Waals surface area contributed by atoms with Crippen molar-refractivity contribution >= 4 is 45.8 Å². The van der Waals surface area contributed by atoms with Gasteiger partial charge in [0.25, 0.3) is 0 Å². The summed E-state index contributed by atoms with van der Waals surface area (Å²) in [7, 11) is -0.578. The summed E-state index contributed by atoms with van der Waals surface area (Å²) in [4.78, 5) is 9.27. The number of hydrogen-bond acceptors (Lipinski definition) is 6. The number of hydrogen-bond donors (Lipinski definition) is 4. The lowest BCUT2D eigenvalue weighted by molar-refractivity contribution is 0.456. The number of H-pyrrole nitrogens is 1. The van der Waals surface area contributed by atoms with E-state index in [9.17, 15) is 4.21 Å². The molecule has 5 nitrogen and oxygen atoms in total. The molecule has 0 saturated carbocycles. The highest BCUT2D eigenvalue weighted by Crippen LogP contribution is 2.36. The van der Waals surface area contributed by atoms with E-state index in [-0.39, 0.29) is 6.04 Å². The number of pyridine rings is 1. The van der Waals surface area contributed by atoms with Crippen molar-refractivity contribution in [1.82, 2.24) is 15.3 Å². The van der Waals surface area contributed by atoms with E-state index in [1.807, 2.05) is 12.3 Å². The average molecular weight is 435 g/mol. The van der Waals surface area contributed by atoms with Gasteiger partial charge in [-0.1, -0.05) is 0 Å². The Hall–Kier alpha value is -1.19. The number of fused-ring (bicyclic) bond motifs is 1. The van der Waals surface area contributed by atoms with Crippen molar-refractivity contribution < 1.29 is 4.21 Å². The Labute approximate surface area is 177 Å². The Kier molecular flexibility index (Phi) is 6.52. The van der Waals surface area contributed by atoms with Gasteiger partial charge in [-0.05, 0) is 50.1 Å². The van der Waals surface area contributed by atoms with E-state index in [2.05, 4.69) is 46.1 Å². The van der Waals surface area contributed by atoms with E-state index in [0.29, 0.717) is 5.92 Å². The van der Waals surface area contributed by atoms with Crippen LogP contribution in [-0.2, 0) is 10.8 Å². The van der Waals surface area contributed by atoms with Gasteiger partial charge in [-0.25, -0.2) is 4.98 Å². The SMILES string of the molecule is NC1CCS(=O)C1.Sc1ccc(-c2ccnc3[nH]c(C4CCCNC4)cc23)s1. The van der Waals surface area contributed by atoms with Crippen LogP contribution in [0.1, 0.15) is 30.9 Å². The largest absolute Gasteiger partial charge is 0.343 e. The summed E-state index contributed by atoms with van der Waals surface area (Å²) in [5.74, 6) is 2.12. The highest BCUT2D eigenvalue weighted by molar-refractivity contribution is 7.85. The van der Waals surface area contributed by atoms with E-state index in [1.165, 1.54) is 34.4 Å².